The van der Waals surface area contributed by atoms with Crippen LogP contribution in [0.2, 0.25) is 0 Å². The lowest BCUT2D eigenvalue weighted by molar-refractivity contribution is 0.0972. The van der Waals surface area contributed by atoms with Gasteiger partial charge in [-0.1, -0.05) is 26.2 Å². The summed E-state index contributed by atoms with van der Waals surface area (Å²) in [5.41, 5.74) is 0.634. The second-order valence-corrected chi connectivity index (χ2v) is 6.01. The molecule has 0 aromatic heterocycles. The van der Waals surface area contributed by atoms with Crippen LogP contribution in [0.5, 0.6) is 0 Å². The van der Waals surface area contributed by atoms with E-state index in [0.717, 1.165) is 13.2 Å². The SMILES string of the molecule is CCNCC1(CCCC2CCCO2)CCCC1. The normalized spacial score (nSPS) is 27.7. The molecule has 1 aliphatic carbocycles. The van der Waals surface area contributed by atoms with Gasteiger partial charge >= 0.3 is 0 Å². The van der Waals surface area contributed by atoms with Gasteiger partial charge in [0.05, 0.1) is 6.10 Å². The Bertz CT molecular complexity index is 205. The molecule has 2 fully saturated rings. The van der Waals surface area contributed by atoms with E-state index < -0.39 is 0 Å². The maximum absolute atomic E-state index is 5.72. The first-order chi connectivity index (χ1) is 8.35. The Morgan fingerprint density at radius 3 is 2.71 bits per heavy atom. The predicted octanol–water partition coefficient (Wildman–Crippen LogP) is 3.51. The van der Waals surface area contributed by atoms with Crippen molar-refractivity contribution in [2.75, 3.05) is 19.7 Å². The molecule has 0 radical (unpaired) electrons. The average molecular weight is 239 g/mol. The smallest absolute Gasteiger partial charge is 0.0576 e. The van der Waals surface area contributed by atoms with Gasteiger partial charge in [0.1, 0.15) is 0 Å². The molecular formula is C15H29NO. The highest BCUT2D eigenvalue weighted by atomic mass is 16.5. The van der Waals surface area contributed by atoms with E-state index in [1.807, 2.05) is 0 Å². The zero-order chi connectivity index (χ0) is 12.0. The monoisotopic (exact) mass is 239 g/mol. The molecule has 1 atom stereocenters. The van der Waals surface area contributed by atoms with Crippen molar-refractivity contribution in [2.24, 2.45) is 5.41 Å². The van der Waals surface area contributed by atoms with Gasteiger partial charge in [0.25, 0.3) is 0 Å². The van der Waals surface area contributed by atoms with E-state index in [-0.39, 0.29) is 0 Å². The maximum atomic E-state index is 5.72. The molecule has 1 heterocycles. The Hall–Kier alpha value is -0.0800. The van der Waals surface area contributed by atoms with E-state index in [2.05, 4.69) is 12.2 Å². The quantitative estimate of drug-likeness (QED) is 0.734. The molecule has 17 heavy (non-hydrogen) atoms. The lowest BCUT2D eigenvalue weighted by Crippen LogP contribution is -2.32. The van der Waals surface area contributed by atoms with E-state index in [0.29, 0.717) is 11.5 Å². The van der Waals surface area contributed by atoms with Crippen molar-refractivity contribution in [3.8, 4) is 0 Å². The molecule has 0 amide bonds. The predicted molar refractivity (Wildman–Crippen MR) is 72.3 cm³/mol. The number of nitrogens with one attached hydrogen (secondary N) is 1. The van der Waals surface area contributed by atoms with Crippen LogP contribution in [0.15, 0.2) is 0 Å². The molecule has 2 heteroatoms. The zero-order valence-corrected chi connectivity index (χ0v) is 11.5. The molecule has 0 bridgehead atoms. The summed E-state index contributed by atoms with van der Waals surface area (Å²) >= 11 is 0. The molecule has 2 nitrogen and oxygen atoms in total. The molecule has 2 rings (SSSR count). The molecule has 1 saturated carbocycles. The second kappa shape index (κ2) is 6.75. The van der Waals surface area contributed by atoms with E-state index in [1.54, 1.807) is 0 Å². The third-order valence-corrected chi connectivity index (χ3v) is 4.67. The second-order valence-electron chi connectivity index (χ2n) is 6.01. The summed E-state index contributed by atoms with van der Waals surface area (Å²) in [6.07, 6.45) is 13.1. The van der Waals surface area contributed by atoms with Gasteiger partial charge < -0.3 is 10.1 Å². The molecule has 0 spiro atoms. The van der Waals surface area contributed by atoms with Crippen LogP contribution in [-0.4, -0.2) is 25.8 Å². The maximum Gasteiger partial charge on any atom is 0.0576 e. The zero-order valence-electron chi connectivity index (χ0n) is 11.5. The molecule has 0 aromatic rings. The Morgan fingerprint density at radius 2 is 2.06 bits per heavy atom. The average Bonchev–Trinajstić information content (AvgIpc) is 2.99. The summed E-state index contributed by atoms with van der Waals surface area (Å²) in [6, 6.07) is 0. The summed E-state index contributed by atoms with van der Waals surface area (Å²) in [7, 11) is 0. The van der Waals surface area contributed by atoms with Gasteiger partial charge in [-0.25, -0.2) is 0 Å². The summed E-state index contributed by atoms with van der Waals surface area (Å²) in [5.74, 6) is 0. The van der Waals surface area contributed by atoms with Crippen molar-refractivity contribution in [3.63, 3.8) is 0 Å². The molecule has 1 N–H and O–H groups in total. The Labute approximate surface area is 107 Å². The van der Waals surface area contributed by atoms with Gasteiger partial charge in [-0.3, -0.25) is 0 Å². The van der Waals surface area contributed by atoms with Crippen LogP contribution >= 0.6 is 0 Å². The fraction of sp³-hybridized carbons (Fsp3) is 1.00. The van der Waals surface area contributed by atoms with E-state index in [4.69, 9.17) is 4.74 Å². The summed E-state index contributed by atoms with van der Waals surface area (Å²) < 4.78 is 5.72. The van der Waals surface area contributed by atoms with E-state index in [9.17, 15) is 0 Å². The number of hydrogen-bond acceptors (Lipinski definition) is 2. The third kappa shape index (κ3) is 3.96. The fourth-order valence-corrected chi connectivity index (χ4v) is 3.61. The van der Waals surface area contributed by atoms with Crippen molar-refractivity contribution in [3.05, 3.63) is 0 Å². The first-order valence-corrected chi connectivity index (χ1v) is 7.67. The van der Waals surface area contributed by atoms with Crippen molar-refractivity contribution < 1.29 is 4.74 Å². The van der Waals surface area contributed by atoms with Crippen LogP contribution in [0.4, 0.5) is 0 Å². The van der Waals surface area contributed by atoms with Crippen LogP contribution in [0.3, 0.4) is 0 Å². The van der Waals surface area contributed by atoms with Crippen LogP contribution in [0, 0.1) is 5.41 Å². The van der Waals surface area contributed by atoms with Crippen LogP contribution < -0.4 is 5.32 Å². The minimum absolute atomic E-state index is 0.590. The standard InChI is InChI=1S/C15H29NO/c1-2-16-13-15(9-3-4-10-15)11-5-7-14-8-6-12-17-14/h14,16H,2-13H2,1H3. The van der Waals surface area contributed by atoms with Gasteiger partial charge in [0.15, 0.2) is 0 Å². The van der Waals surface area contributed by atoms with Crippen molar-refractivity contribution in [1.82, 2.24) is 5.32 Å². The van der Waals surface area contributed by atoms with Gasteiger partial charge in [-0.15, -0.1) is 0 Å². The summed E-state index contributed by atoms with van der Waals surface area (Å²) in [5, 5.41) is 3.58. The largest absolute Gasteiger partial charge is 0.378 e. The molecule has 2 aliphatic rings. The van der Waals surface area contributed by atoms with Crippen LogP contribution in [-0.2, 0) is 4.74 Å². The molecular weight excluding hydrogens is 210 g/mol. The molecule has 100 valence electrons. The van der Waals surface area contributed by atoms with E-state index in [1.165, 1.54) is 64.3 Å². The molecule has 1 saturated heterocycles. The highest BCUT2D eigenvalue weighted by molar-refractivity contribution is 4.86. The highest BCUT2D eigenvalue weighted by Gasteiger charge is 2.32. The van der Waals surface area contributed by atoms with Crippen molar-refractivity contribution >= 4 is 0 Å². The van der Waals surface area contributed by atoms with Gasteiger partial charge in [0.2, 0.25) is 0 Å². The van der Waals surface area contributed by atoms with E-state index >= 15 is 0 Å². The lowest BCUT2D eigenvalue weighted by atomic mass is 9.80. The summed E-state index contributed by atoms with van der Waals surface area (Å²) in [6.45, 7) is 5.59. The van der Waals surface area contributed by atoms with Gasteiger partial charge in [0, 0.05) is 13.2 Å². The minimum atomic E-state index is 0.590. The van der Waals surface area contributed by atoms with Crippen molar-refractivity contribution in [2.45, 2.75) is 70.8 Å². The Balaban J connectivity index is 1.69. The molecule has 0 aromatic carbocycles. The number of rotatable bonds is 7. The molecule has 1 aliphatic heterocycles. The Kier molecular flexibility index (Phi) is 5.30. The van der Waals surface area contributed by atoms with Gasteiger partial charge in [-0.05, 0) is 50.5 Å². The number of ether oxygens (including phenoxy) is 1. The first-order valence-electron chi connectivity index (χ1n) is 7.67. The lowest BCUT2D eigenvalue weighted by Gasteiger charge is -2.29. The topological polar surface area (TPSA) is 21.3 Å². The molecule has 1 unspecified atom stereocenters. The van der Waals surface area contributed by atoms with Crippen LogP contribution in [0.1, 0.15) is 64.7 Å². The first kappa shape index (κ1) is 13.4. The fourth-order valence-electron chi connectivity index (χ4n) is 3.61. The highest BCUT2D eigenvalue weighted by Crippen LogP contribution is 2.42. The number of hydrogen-bond donors (Lipinski definition) is 1. The third-order valence-electron chi connectivity index (χ3n) is 4.67. The minimum Gasteiger partial charge on any atom is -0.378 e. The van der Waals surface area contributed by atoms with Crippen LogP contribution in [0.25, 0.3) is 0 Å². The summed E-state index contributed by atoms with van der Waals surface area (Å²) in [4.78, 5) is 0. The van der Waals surface area contributed by atoms with Crippen molar-refractivity contribution in [1.29, 1.82) is 0 Å². The van der Waals surface area contributed by atoms with Gasteiger partial charge in [-0.2, -0.15) is 0 Å². The Morgan fingerprint density at radius 1 is 1.24 bits per heavy atom.